The molecule has 0 unspecified atom stereocenters. The third-order valence-corrected chi connectivity index (χ3v) is 6.23. The molecule has 4 saturated carbocycles. The summed E-state index contributed by atoms with van der Waals surface area (Å²) >= 11 is 0. The number of aromatic nitrogens is 1. The molecule has 0 spiro atoms. The van der Waals surface area contributed by atoms with Gasteiger partial charge in [0, 0.05) is 18.2 Å². The smallest absolute Gasteiger partial charge is 0.318 e. The van der Waals surface area contributed by atoms with Crippen LogP contribution >= 0.6 is 0 Å². The highest BCUT2D eigenvalue weighted by atomic mass is 16.5. The van der Waals surface area contributed by atoms with Crippen LogP contribution in [-0.2, 0) is 4.79 Å². The standard InChI is InChI=1S/C19H28N4O3/c1-2-4-23(12-17(24)20-16-3-5-26-22-16)18(25)21-19-9-13-6-14(10-19)8-15(7-13)11-19/h3,5,13-15H,2,4,6-12H2,1H3,(H,21,25)(H,20,22,24). The number of nitrogens with zero attached hydrogens (tertiary/aromatic N) is 2. The highest BCUT2D eigenvalue weighted by molar-refractivity contribution is 5.93. The molecule has 0 aliphatic heterocycles. The topological polar surface area (TPSA) is 87.5 Å². The first-order valence-electron chi connectivity index (χ1n) is 9.82. The summed E-state index contributed by atoms with van der Waals surface area (Å²) in [6.07, 6.45) is 9.56. The largest absolute Gasteiger partial charge is 0.363 e. The highest BCUT2D eigenvalue weighted by Crippen LogP contribution is 2.55. The van der Waals surface area contributed by atoms with Gasteiger partial charge in [-0.05, 0) is 62.7 Å². The molecular weight excluding hydrogens is 332 g/mol. The van der Waals surface area contributed by atoms with Crippen LogP contribution in [0.5, 0.6) is 0 Å². The van der Waals surface area contributed by atoms with E-state index in [1.807, 2.05) is 6.92 Å². The van der Waals surface area contributed by atoms with Gasteiger partial charge in [-0.15, -0.1) is 0 Å². The number of rotatable bonds is 6. The Kier molecular flexibility index (Phi) is 4.63. The second-order valence-corrected chi connectivity index (χ2v) is 8.48. The molecule has 26 heavy (non-hydrogen) atoms. The Labute approximate surface area is 153 Å². The molecule has 0 atom stereocenters. The van der Waals surface area contributed by atoms with Crippen LogP contribution in [0.1, 0.15) is 51.9 Å². The lowest BCUT2D eigenvalue weighted by Crippen LogP contribution is -2.62. The van der Waals surface area contributed by atoms with Gasteiger partial charge in [0.05, 0.1) is 0 Å². The number of anilines is 1. The SMILES string of the molecule is CCCN(CC(=O)Nc1ccon1)C(=O)NC12CC3CC(CC(C3)C1)C2. The summed E-state index contributed by atoms with van der Waals surface area (Å²) in [7, 11) is 0. The van der Waals surface area contributed by atoms with Crippen molar-refractivity contribution in [1.82, 2.24) is 15.4 Å². The predicted molar refractivity (Wildman–Crippen MR) is 96.4 cm³/mol. The number of nitrogens with one attached hydrogen (secondary N) is 2. The summed E-state index contributed by atoms with van der Waals surface area (Å²) in [5.74, 6) is 2.44. The molecule has 0 aromatic carbocycles. The minimum atomic E-state index is -0.256. The van der Waals surface area contributed by atoms with Crippen molar-refractivity contribution >= 4 is 17.8 Å². The number of carbonyl (C=O) groups is 2. The number of carbonyl (C=O) groups excluding carboxylic acids is 2. The summed E-state index contributed by atoms with van der Waals surface area (Å²) < 4.78 is 4.72. The summed E-state index contributed by atoms with van der Waals surface area (Å²) in [5, 5.41) is 9.68. The van der Waals surface area contributed by atoms with Gasteiger partial charge in [-0.1, -0.05) is 12.1 Å². The second-order valence-electron chi connectivity index (χ2n) is 8.48. The van der Waals surface area contributed by atoms with E-state index in [-0.39, 0.29) is 24.0 Å². The number of amides is 3. The molecule has 2 N–H and O–H groups in total. The maximum absolute atomic E-state index is 13.0. The average Bonchev–Trinajstić information content (AvgIpc) is 3.05. The lowest BCUT2D eigenvalue weighted by Gasteiger charge is -2.57. The van der Waals surface area contributed by atoms with E-state index >= 15 is 0 Å². The minimum absolute atomic E-state index is 0.0267. The first-order chi connectivity index (χ1) is 12.5. The molecule has 5 rings (SSSR count). The molecule has 0 radical (unpaired) electrons. The maximum Gasteiger partial charge on any atom is 0.318 e. The van der Waals surface area contributed by atoms with Crippen molar-refractivity contribution in [2.75, 3.05) is 18.4 Å². The quantitative estimate of drug-likeness (QED) is 0.816. The van der Waals surface area contributed by atoms with Gasteiger partial charge in [-0.2, -0.15) is 0 Å². The van der Waals surface area contributed by atoms with E-state index in [1.54, 1.807) is 11.0 Å². The lowest BCUT2D eigenvalue weighted by molar-refractivity contribution is -0.116. The molecule has 142 valence electrons. The van der Waals surface area contributed by atoms with Crippen LogP contribution in [0.3, 0.4) is 0 Å². The van der Waals surface area contributed by atoms with Crippen LogP contribution < -0.4 is 10.6 Å². The highest BCUT2D eigenvalue weighted by Gasteiger charge is 2.51. The molecule has 7 nitrogen and oxygen atoms in total. The van der Waals surface area contributed by atoms with Crippen molar-refractivity contribution < 1.29 is 14.1 Å². The fourth-order valence-electron chi connectivity index (χ4n) is 5.72. The molecule has 4 aliphatic rings. The van der Waals surface area contributed by atoms with Crippen molar-refractivity contribution in [1.29, 1.82) is 0 Å². The molecule has 7 heteroatoms. The van der Waals surface area contributed by atoms with Crippen LogP contribution in [0.15, 0.2) is 16.9 Å². The van der Waals surface area contributed by atoms with E-state index in [4.69, 9.17) is 4.52 Å². The van der Waals surface area contributed by atoms with E-state index in [0.717, 1.165) is 43.4 Å². The number of urea groups is 1. The first kappa shape index (κ1) is 17.4. The van der Waals surface area contributed by atoms with Crippen LogP contribution in [0.2, 0.25) is 0 Å². The third-order valence-electron chi connectivity index (χ3n) is 6.23. The molecule has 3 amide bonds. The zero-order valence-electron chi connectivity index (χ0n) is 15.4. The second kappa shape index (κ2) is 6.93. The summed E-state index contributed by atoms with van der Waals surface area (Å²) in [5.41, 5.74) is -0.0413. The van der Waals surface area contributed by atoms with Gasteiger partial charge in [0.25, 0.3) is 0 Å². The molecule has 0 saturated heterocycles. The molecular formula is C19H28N4O3. The van der Waals surface area contributed by atoms with E-state index in [0.29, 0.717) is 12.4 Å². The Balaban J connectivity index is 1.38. The van der Waals surface area contributed by atoms with E-state index in [2.05, 4.69) is 15.8 Å². The average molecular weight is 360 g/mol. The van der Waals surface area contributed by atoms with Crippen LogP contribution in [0, 0.1) is 17.8 Å². The van der Waals surface area contributed by atoms with Gasteiger partial charge < -0.3 is 20.1 Å². The Hall–Kier alpha value is -2.05. The van der Waals surface area contributed by atoms with E-state index in [9.17, 15) is 9.59 Å². The third kappa shape index (κ3) is 3.57. The Morgan fingerprint density at radius 1 is 1.23 bits per heavy atom. The van der Waals surface area contributed by atoms with Gasteiger partial charge in [0.1, 0.15) is 12.8 Å². The van der Waals surface area contributed by atoms with Crippen molar-refractivity contribution in [3.05, 3.63) is 12.3 Å². The van der Waals surface area contributed by atoms with Gasteiger partial charge in [0.2, 0.25) is 5.91 Å². The Morgan fingerprint density at radius 2 is 1.88 bits per heavy atom. The van der Waals surface area contributed by atoms with Crippen molar-refractivity contribution in [2.24, 2.45) is 17.8 Å². The summed E-state index contributed by atoms with van der Waals surface area (Å²) in [6.45, 7) is 2.60. The Morgan fingerprint density at radius 3 is 2.42 bits per heavy atom. The number of hydrogen-bond donors (Lipinski definition) is 2. The monoisotopic (exact) mass is 360 g/mol. The predicted octanol–water partition coefficient (Wildman–Crippen LogP) is 3.00. The lowest BCUT2D eigenvalue weighted by atomic mass is 9.53. The van der Waals surface area contributed by atoms with Gasteiger partial charge >= 0.3 is 6.03 Å². The maximum atomic E-state index is 13.0. The van der Waals surface area contributed by atoms with Crippen LogP contribution in [-0.4, -0.2) is 40.6 Å². The Bertz CT molecular complexity index is 622. The van der Waals surface area contributed by atoms with Crippen molar-refractivity contribution in [2.45, 2.75) is 57.4 Å². The van der Waals surface area contributed by atoms with Gasteiger partial charge in [-0.25, -0.2) is 4.79 Å². The van der Waals surface area contributed by atoms with Gasteiger partial charge in [0.15, 0.2) is 5.82 Å². The van der Waals surface area contributed by atoms with Gasteiger partial charge in [-0.3, -0.25) is 4.79 Å². The van der Waals surface area contributed by atoms with E-state index in [1.165, 1.54) is 25.5 Å². The zero-order chi connectivity index (χ0) is 18.1. The van der Waals surface area contributed by atoms with Crippen molar-refractivity contribution in [3.8, 4) is 0 Å². The molecule has 4 aliphatic carbocycles. The van der Waals surface area contributed by atoms with Crippen molar-refractivity contribution in [3.63, 3.8) is 0 Å². The number of hydrogen-bond acceptors (Lipinski definition) is 4. The fraction of sp³-hybridized carbons (Fsp3) is 0.737. The normalized spacial score (nSPS) is 31.7. The molecule has 1 aromatic heterocycles. The molecule has 4 bridgehead atoms. The molecule has 1 heterocycles. The molecule has 4 fully saturated rings. The van der Waals surface area contributed by atoms with E-state index < -0.39 is 0 Å². The zero-order valence-corrected chi connectivity index (χ0v) is 15.4. The minimum Gasteiger partial charge on any atom is -0.363 e. The molecule has 1 aromatic rings. The summed E-state index contributed by atoms with van der Waals surface area (Å²) in [4.78, 5) is 26.8. The fourth-order valence-corrected chi connectivity index (χ4v) is 5.72. The van der Waals surface area contributed by atoms with Crippen LogP contribution in [0.4, 0.5) is 10.6 Å². The first-order valence-corrected chi connectivity index (χ1v) is 9.82. The summed E-state index contributed by atoms with van der Waals surface area (Å²) in [6, 6.07) is 1.47. The van der Waals surface area contributed by atoms with Crippen LogP contribution in [0.25, 0.3) is 0 Å².